The molecule has 0 aromatic heterocycles. The highest BCUT2D eigenvalue weighted by Crippen LogP contribution is 2.28. The van der Waals surface area contributed by atoms with E-state index in [0.717, 1.165) is 12.2 Å². The molecule has 0 saturated carbocycles. The van der Waals surface area contributed by atoms with Crippen molar-refractivity contribution in [2.45, 2.75) is 13.0 Å². The molecule has 0 aliphatic carbocycles. The third kappa shape index (κ3) is 6.65. The second kappa shape index (κ2) is 10.9. The number of esters is 2. The molecule has 2 rings (SSSR count). The molecule has 2 aromatic rings. The molecule has 1 atom stereocenters. The van der Waals surface area contributed by atoms with Crippen LogP contribution in [0.2, 0.25) is 5.02 Å². The summed E-state index contributed by atoms with van der Waals surface area (Å²) in [5.74, 6) is -1.68. The average molecular weight is 418 g/mol. The van der Waals surface area contributed by atoms with Gasteiger partial charge in [0.1, 0.15) is 5.75 Å². The summed E-state index contributed by atoms with van der Waals surface area (Å²) in [4.78, 5) is 36.2. The minimum absolute atomic E-state index is 0.178. The standard InChI is InChI=1S/C21H20ClNO6/c1-3-28-18(24)11-12-19(25)29-20(14-7-5-4-6-8-14)21(26)23-15-9-10-17(27-2)16(22)13-15/h4-13,20H,3H2,1-2H3,(H,23,26)/b12-11+/t20-/m1/s1. The number of methoxy groups -OCH3 is 1. The van der Waals surface area contributed by atoms with Crippen LogP contribution in [0.3, 0.4) is 0 Å². The van der Waals surface area contributed by atoms with Crippen LogP contribution < -0.4 is 10.1 Å². The third-order valence-corrected chi connectivity index (χ3v) is 3.93. The monoisotopic (exact) mass is 417 g/mol. The zero-order valence-corrected chi connectivity index (χ0v) is 16.6. The maximum atomic E-state index is 12.8. The molecule has 8 heteroatoms. The Morgan fingerprint density at radius 2 is 1.76 bits per heavy atom. The molecule has 0 saturated heterocycles. The maximum Gasteiger partial charge on any atom is 0.332 e. The minimum Gasteiger partial charge on any atom is -0.495 e. The molecular weight excluding hydrogens is 398 g/mol. The quantitative estimate of drug-likeness (QED) is 0.520. The van der Waals surface area contributed by atoms with Crippen molar-refractivity contribution in [3.8, 4) is 5.75 Å². The van der Waals surface area contributed by atoms with Crippen LogP contribution in [0.4, 0.5) is 5.69 Å². The lowest BCUT2D eigenvalue weighted by atomic mass is 10.1. The van der Waals surface area contributed by atoms with Gasteiger partial charge >= 0.3 is 11.9 Å². The maximum absolute atomic E-state index is 12.8. The lowest BCUT2D eigenvalue weighted by Crippen LogP contribution is -2.25. The highest BCUT2D eigenvalue weighted by Gasteiger charge is 2.24. The van der Waals surface area contributed by atoms with E-state index < -0.39 is 23.9 Å². The van der Waals surface area contributed by atoms with Gasteiger partial charge in [-0.1, -0.05) is 41.9 Å². The van der Waals surface area contributed by atoms with Crippen molar-refractivity contribution >= 4 is 35.1 Å². The molecule has 1 N–H and O–H groups in total. The van der Waals surface area contributed by atoms with Crippen molar-refractivity contribution in [1.82, 2.24) is 0 Å². The summed E-state index contributed by atoms with van der Waals surface area (Å²) in [5, 5.41) is 2.97. The predicted octanol–water partition coefficient (Wildman–Crippen LogP) is 3.69. The van der Waals surface area contributed by atoms with Crippen LogP contribution in [0.5, 0.6) is 5.75 Å². The average Bonchev–Trinajstić information content (AvgIpc) is 2.71. The highest BCUT2D eigenvalue weighted by atomic mass is 35.5. The first-order chi connectivity index (χ1) is 13.9. The van der Waals surface area contributed by atoms with Gasteiger partial charge in [0, 0.05) is 23.4 Å². The van der Waals surface area contributed by atoms with E-state index in [1.807, 2.05) is 0 Å². The Bertz CT molecular complexity index is 897. The van der Waals surface area contributed by atoms with Gasteiger partial charge < -0.3 is 19.5 Å². The first-order valence-electron chi connectivity index (χ1n) is 8.69. The van der Waals surface area contributed by atoms with Gasteiger partial charge in [-0.15, -0.1) is 0 Å². The number of hydrogen-bond acceptors (Lipinski definition) is 6. The van der Waals surface area contributed by atoms with Crippen molar-refractivity contribution in [2.24, 2.45) is 0 Å². The summed E-state index contributed by atoms with van der Waals surface area (Å²) in [6.07, 6.45) is 0.608. The summed E-state index contributed by atoms with van der Waals surface area (Å²) in [6.45, 7) is 1.82. The van der Waals surface area contributed by atoms with Crippen LogP contribution in [-0.2, 0) is 23.9 Å². The zero-order chi connectivity index (χ0) is 21.2. The van der Waals surface area contributed by atoms with Crippen LogP contribution >= 0.6 is 11.6 Å². The van der Waals surface area contributed by atoms with Gasteiger partial charge in [0.05, 0.1) is 18.7 Å². The van der Waals surface area contributed by atoms with Gasteiger partial charge in [0.2, 0.25) is 6.10 Å². The first-order valence-corrected chi connectivity index (χ1v) is 9.07. The smallest absolute Gasteiger partial charge is 0.332 e. The molecule has 0 bridgehead atoms. The van der Waals surface area contributed by atoms with Crippen LogP contribution in [0, 0.1) is 0 Å². The Morgan fingerprint density at radius 3 is 2.38 bits per heavy atom. The van der Waals surface area contributed by atoms with E-state index in [2.05, 4.69) is 5.32 Å². The number of halogens is 1. The van der Waals surface area contributed by atoms with Crippen molar-refractivity contribution < 1.29 is 28.6 Å². The predicted molar refractivity (Wildman–Crippen MR) is 108 cm³/mol. The number of hydrogen-bond donors (Lipinski definition) is 1. The van der Waals surface area contributed by atoms with Crippen LogP contribution in [0.15, 0.2) is 60.7 Å². The van der Waals surface area contributed by atoms with Crippen LogP contribution in [0.25, 0.3) is 0 Å². The van der Waals surface area contributed by atoms with Gasteiger partial charge in [-0.25, -0.2) is 9.59 Å². The summed E-state index contributed by atoms with van der Waals surface area (Å²) in [6, 6.07) is 13.2. The lowest BCUT2D eigenvalue weighted by Gasteiger charge is -2.17. The van der Waals surface area contributed by atoms with E-state index in [0.29, 0.717) is 22.0 Å². The van der Waals surface area contributed by atoms with E-state index in [9.17, 15) is 14.4 Å². The molecule has 1 amide bonds. The molecule has 0 aliphatic rings. The third-order valence-electron chi connectivity index (χ3n) is 3.64. The van der Waals surface area contributed by atoms with Gasteiger partial charge in [0.15, 0.2) is 0 Å². The van der Waals surface area contributed by atoms with Crippen molar-refractivity contribution in [1.29, 1.82) is 0 Å². The second-order valence-corrected chi connectivity index (χ2v) is 6.06. The van der Waals surface area contributed by atoms with Gasteiger partial charge in [0.25, 0.3) is 5.91 Å². The number of nitrogens with one attached hydrogen (secondary N) is 1. The van der Waals surface area contributed by atoms with E-state index in [1.54, 1.807) is 49.4 Å². The molecule has 2 aromatic carbocycles. The Labute approximate surface area is 173 Å². The summed E-state index contributed by atoms with van der Waals surface area (Å²) < 4.78 is 15.1. The number of ether oxygens (including phenoxy) is 3. The fraction of sp³-hybridized carbons (Fsp3) is 0.190. The molecule has 7 nitrogen and oxygen atoms in total. The first kappa shape index (κ1) is 22.0. The van der Waals surface area contributed by atoms with Gasteiger partial charge in [-0.2, -0.15) is 0 Å². The summed E-state index contributed by atoms with van der Waals surface area (Å²) in [5.41, 5.74) is 0.863. The molecule has 0 fully saturated rings. The van der Waals surface area contributed by atoms with Crippen molar-refractivity contribution in [3.05, 3.63) is 71.3 Å². The molecule has 0 spiro atoms. The normalized spacial score (nSPS) is 11.6. The number of benzene rings is 2. The topological polar surface area (TPSA) is 90.9 Å². The van der Waals surface area contributed by atoms with E-state index in [4.69, 9.17) is 25.8 Å². The molecule has 0 heterocycles. The minimum atomic E-state index is -1.24. The van der Waals surface area contributed by atoms with Gasteiger partial charge in [-0.05, 0) is 25.1 Å². The molecule has 0 aliphatic heterocycles. The summed E-state index contributed by atoms with van der Waals surface area (Å²) in [7, 11) is 1.48. The van der Waals surface area contributed by atoms with Crippen LogP contribution in [-0.4, -0.2) is 31.6 Å². The van der Waals surface area contributed by atoms with Gasteiger partial charge in [-0.3, -0.25) is 4.79 Å². The summed E-state index contributed by atoms with van der Waals surface area (Å²) >= 11 is 6.08. The van der Waals surface area contributed by atoms with E-state index in [-0.39, 0.29) is 6.61 Å². The Morgan fingerprint density at radius 1 is 1.07 bits per heavy atom. The largest absolute Gasteiger partial charge is 0.495 e. The van der Waals surface area contributed by atoms with Crippen molar-refractivity contribution in [2.75, 3.05) is 19.0 Å². The highest BCUT2D eigenvalue weighted by molar-refractivity contribution is 6.32. The number of anilines is 1. The number of carbonyl (C=O) groups is 3. The van der Waals surface area contributed by atoms with E-state index in [1.165, 1.54) is 13.2 Å². The number of rotatable bonds is 8. The molecule has 0 unspecified atom stereocenters. The number of carbonyl (C=O) groups excluding carboxylic acids is 3. The molecule has 152 valence electrons. The Balaban J connectivity index is 2.17. The zero-order valence-electron chi connectivity index (χ0n) is 15.9. The number of amides is 1. The van der Waals surface area contributed by atoms with Crippen molar-refractivity contribution in [3.63, 3.8) is 0 Å². The SMILES string of the molecule is CCOC(=O)/C=C/C(=O)O[C@@H](C(=O)Nc1ccc(OC)c(Cl)c1)c1ccccc1. The molecule has 29 heavy (non-hydrogen) atoms. The molecule has 0 radical (unpaired) electrons. The fourth-order valence-electron chi connectivity index (χ4n) is 2.33. The second-order valence-electron chi connectivity index (χ2n) is 5.65. The molecular formula is C21H20ClNO6. The van der Waals surface area contributed by atoms with E-state index >= 15 is 0 Å². The van der Waals surface area contributed by atoms with Crippen LogP contribution in [0.1, 0.15) is 18.6 Å². The fourth-order valence-corrected chi connectivity index (χ4v) is 2.59. The Hall–Kier alpha value is -3.32. The lowest BCUT2D eigenvalue weighted by molar-refractivity contribution is -0.150. The Kier molecular flexibility index (Phi) is 8.24.